The lowest BCUT2D eigenvalue weighted by Gasteiger charge is -2.30. The van der Waals surface area contributed by atoms with Crippen LogP contribution < -0.4 is 0 Å². The maximum absolute atomic E-state index is 2.39. The number of hydrogen-bond donors (Lipinski definition) is 0. The molecule has 0 N–H and O–H groups in total. The Labute approximate surface area is 88.1 Å². The van der Waals surface area contributed by atoms with E-state index in [0.29, 0.717) is 0 Å². The second-order valence-corrected chi connectivity index (χ2v) is 6.19. The molecule has 0 aliphatic rings. The Morgan fingerprint density at radius 1 is 1.00 bits per heavy atom. The minimum absolute atomic E-state index is 0.177. The molecule has 1 heterocycles. The Balaban J connectivity index is 3.31. The van der Waals surface area contributed by atoms with Crippen molar-refractivity contribution in [1.82, 2.24) is 4.57 Å². The third-order valence-corrected chi connectivity index (χ3v) is 2.45. The second kappa shape index (κ2) is 3.15. The van der Waals surface area contributed by atoms with E-state index in [2.05, 4.69) is 65.3 Å². The standard InChI is InChI=1S/C13H23N/c1-10-8-11(12(2,3)4)14(9-10)13(5,6)7/h8-9H,1-7H3. The minimum Gasteiger partial charge on any atom is -0.345 e. The van der Waals surface area contributed by atoms with Gasteiger partial charge in [0.25, 0.3) is 0 Å². The Bertz CT molecular complexity index is 286. The third-order valence-electron chi connectivity index (χ3n) is 2.45. The summed E-state index contributed by atoms with van der Waals surface area (Å²) < 4.78 is 2.39. The second-order valence-electron chi connectivity index (χ2n) is 6.19. The van der Waals surface area contributed by atoms with Gasteiger partial charge in [-0.15, -0.1) is 0 Å². The first-order valence-corrected chi connectivity index (χ1v) is 5.32. The average molecular weight is 193 g/mol. The molecule has 80 valence electrons. The Kier molecular flexibility index (Phi) is 2.55. The fraction of sp³-hybridized carbons (Fsp3) is 0.692. The topological polar surface area (TPSA) is 4.93 Å². The summed E-state index contributed by atoms with van der Waals surface area (Å²) in [4.78, 5) is 0. The van der Waals surface area contributed by atoms with Crippen molar-refractivity contribution in [1.29, 1.82) is 0 Å². The highest BCUT2D eigenvalue weighted by molar-refractivity contribution is 5.24. The molecule has 0 amide bonds. The lowest BCUT2D eigenvalue weighted by Crippen LogP contribution is -2.28. The first kappa shape index (κ1) is 11.4. The molecule has 0 fully saturated rings. The van der Waals surface area contributed by atoms with Gasteiger partial charge in [0.05, 0.1) is 0 Å². The van der Waals surface area contributed by atoms with E-state index < -0.39 is 0 Å². The van der Waals surface area contributed by atoms with E-state index in [-0.39, 0.29) is 11.0 Å². The predicted octanol–water partition coefficient (Wildman–Crippen LogP) is 3.85. The van der Waals surface area contributed by atoms with E-state index in [1.807, 2.05) is 0 Å². The van der Waals surface area contributed by atoms with Gasteiger partial charge in [0, 0.05) is 22.8 Å². The third kappa shape index (κ3) is 2.20. The molecule has 0 aliphatic heterocycles. The zero-order chi connectivity index (χ0) is 11.1. The normalized spacial score (nSPS) is 13.4. The van der Waals surface area contributed by atoms with E-state index >= 15 is 0 Å². The van der Waals surface area contributed by atoms with Crippen LogP contribution in [0.1, 0.15) is 52.8 Å². The van der Waals surface area contributed by atoms with Crippen LogP contribution in [0, 0.1) is 6.92 Å². The Hall–Kier alpha value is -0.720. The van der Waals surface area contributed by atoms with Gasteiger partial charge in [-0.1, -0.05) is 20.8 Å². The molecule has 0 atom stereocenters. The first-order chi connectivity index (χ1) is 6.12. The molecule has 1 aromatic heterocycles. The summed E-state index contributed by atoms with van der Waals surface area (Å²) in [5.41, 5.74) is 3.17. The van der Waals surface area contributed by atoms with Gasteiger partial charge >= 0.3 is 0 Å². The van der Waals surface area contributed by atoms with Crippen LogP contribution in [0.5, 0.6) is 0 Å². The molecule has 0 radical (unpaired) electrons. The van der Waals surface area contributed by atoms with E-state index in [4.69, 9.17) is 0 Å². The summed E-state index contributed by atoms with van der Waals surface area (Å²) in [6.45, 7) is 15.7. The van der Waals surface area contributed by atoms with Crippen LogP contribution in [0.4, 0.5) is 0 Å². The van der Waals surface area contributed by atoms with Crippen LogP contribution >= 0.6 is 0 Å². The molecule has 0 aliphatic carbocycles. The van der Waals surface area contributed by atoms with Gasteiger partial charge in [0.2, 0.25) is 0 Å². The summed E-state index contributed by atoms with van der Waals surface area (Å²) in [7, 11) is 0. The smallest absolute Gasteiger partial charge is 0.0358 e. The summed E-state index contributed by atoms with van der Waals surface area (Å²) in [6.07, 6.45) is 2.25. The van der Waals surface area contributed by atoms with Crippen LogP contribution in [0.3, 0.4) is 0 Å². The van der Waals surface area contributed by atoms with Crippen LogP contribution in [-0.2, 0) is 11.0 Å². The maximum atomic E-state index is 2.39. The van der Waals surface area contributed by atoms with Crippen molar-refractivity contribution >= 4 is 0 Å². The van der Waals surface area contributed by atoms with E-state index in [9.17, 15) is 0 Å². The maximum Gasteiger partial charge on any atom is 0.0358 e. The van der Waals surface area contributed by atoms with Crippen LogP contribution in [-0.4, -0.2) is 4.57 Å². The Morgan fingerprint density at radius 3 is 1.79 bits per heavy atom. The zero-order valence-corrected chi connectivity index (χ0v) is 10.6. The predicted molar refractivity (Wildman–Crippen MR) is 62.9 cm³/mol. The fourth-order valence-corrected chi connectivity index (χ4v) is 1.73. The molecule has 1 rings (SSSR count). The summed E-state index contributed by atoms with van der Waals surface area (Å²) in [6, 6.07) is 2.30. The molecule has 0 saturated carbocycles. The molecular formula is C13H23N. The highest BCUT2D eigenvalue weighted by Crippen LogP contribution is 2.29. The van der Waals surface area contributed by atoms with Gasteiger partial charge in [-0.25, -0.2) is 0 Å². The lowest BCUT2D eigenvalue weighted by molar-refractivity contribution is 0.360. The van der Waals surface area contributed by atoms with E-state index in [1.165, 1.54) is 11.3 Å². The number of aromatic nitrogens is 1. The van der Waals surface area contributed by atoms with Gasteiger partial charge in [-0.2, -0.15) is 0 Å². The van der Waals surface area contributed by atoms with Gasteiger partial charge in [0.1, 0.15) is 0 Å². The monoisotopic (exact) mass is 193 g/mol. The van der Waals surface area contributed by atoms with Crippen molar-refractivity contribution in [2.45, 2.75) is 59.4 Å². The quantitative estimate of drug-likeness (QED) is 0.590. The SMILES string of the molecule is Cc1cc(C(C)(C)C)n(C(C)(C)C)c1. The molecule has 0 aromatic carbocycles. The van der Waals surface area contributed by atoms with Crippen LogP contribution in [0.25, 0.3) is 0 Å². The summed E-state index contributed by atoms with van der Waals surface area (Å²) in [5.74, 6) is 0. The van der Waals surface area contributed by atoms with Crippen LogP contribution in [0.2, 0.25) is 0 Å². The Morgan fingerprint density at radius 2 is 1.50 bits per heavy atom. The number of rotatable bonds is 0. The molecule has 0 unspecified atom stereocenters. The molecular weight excluding hydrogens is 170 g/mol. The highest BCUT2D eigenvalue weighted by atomic mass is 15.0. The van der Waals surface area contributed by atoms with E-state index in [0.717, 1.165) is 0 Å². The van der Waals surface area contributed by atoms with Crippen molar-refractivity contribution in [3.05, 3.63) is 23.5 Å². The fourth-order valence-electron chi connectivity index (χ4n) is 1.73. The summed E-state index contributed by atoms with van der Waals surface area (Å²) in [5, 5.41) is 0. The van der Waals surface area contributed by atoms with Gasteiger partial charge < -0.3 is 4.57 Å². The van der Waals surface area contributed by atoms with Crippen molar-refractivity contribution in [2.75, 3.05) is 0 Å². The number of hydrogen-bond acceptors (Lipinski definition) is 0. The number of aryl methyl sites for hydroxylation is 1. The molecule has 1 nitrogen and oxygen atoms in total. The zero-order valence-electron chi connectivity index (χ0n) is 10.6. The van der Waals surface area contributed by atoms with Crippen molar-refractivity contribution in [3.8, 4) is 0 Å². The molecule has 0 saturated heterocycles. The molecule has 0 spiro atoms. The lowest BCUT2D eigenvalue weighted by atomic mass is 9.90. The first-order valence-electron chi connectivity index (χ1n) is 5.32. The van der Waals surface area contributed by atoms with E-state index in [1.54, 1.807) is 0 Å². The van der Waals surface area contributed by atoms with Gasteiger partial charge in [-0.3, -0.25) is 0 Å². The van der Waals surface area contributed by atoms with Crippen LogP contribution in [0.15, 0.2) is 12.3 Å². The molecule has 1 heteroatoms. The molecule has 14 heavy (non-hydrogen) atoms. The van der Waals surface area contributed by atoms with Gasteiger partial charge in [0.15, 0.2) is 0 Å². The van der Waals surface area contributed by atoms with Crippen molar-refractivity contribution in [2.24, 2.45) is 0 Å². The van der Waals surface area contributed by atoms with Crippen molar-refractivity contribution in [3.63, 3.8) is 0 Å². The summed E-state index contributed by atoms with van der Waals surface area (Å²) >= 11 is 0. The van der Waals surface area contributed by atoms with Gasteiger partial charge in [-0.05, 0) is 39.3 Å². The average Bonchev–Trinajstić information content (AvgIpc) is 2.27. The van der Waals surface area contributed by atoms with Crippen molar-refractivity contribution < 1.29 is 0 Å². The number of nitrogens with zero attached hydrogens (tertiary/aromatic N) is 1. The molecule has 0 bridgehead atoms. The minimum atomic E-state index is 0.177. The molecule has 1 aromatic rings. The largest absolute Gasteiger partial charge is 0.345 e. The highest BCUT2D eigenvalue weighted by Gasteiger charge is 2.24.